The zero-order valence-electron chi connectivity index (χ0n) is 5.10. The lowest BCUT2D eigenvalue weighted by Gasteiger charge is -2.10. The quantitative estimate of drug-likeness (QED) is 0.762. The van der Waals surface area contributed by atoms with Crippen LogP contribution >= 0.6 is 31.9 Å². The fraction of sp³-hybridized carbons (Fsp3) is 0.800. The summed E-state index contributed by atoms with van der Waals surface area (Å²) in [6, 6.07) is 0. The van der Waals surface area contributed by atoms with Gasteiger partial charge in [0.15, 0.2) is 0 Å². The maximum Gasteiger partial charge on any atom is 0.222 e. The van der Waals surface area contributed by atoms with E-state index in [0.717, 1.165) is 0 Å². The van der Waals surface area contributed by atoms with Gasteiger partial charge in [-0.3, -0.25) is 4.79 Å². The molecule has 0 bridgehead atoms. The van der Waals surface area contributed by atoms with Gasteiger partial charge in [0.2, 0.25) is 5.91 Å². The summed E-state index contributed by atoms with van der Waals surface area (Å²) in [6.07, 6.45) is 0. The zero-order chi connectivity index (χ0) is 7.44. The Hall–Kier alpha value is 0.430. The first-order chi connectivity index (χ1) is 4.09. The van der Waals surface area contributed by atoms with Crippen LogP contribution in [0.2, 0.25) is 0 Å². The molecule has 0 aromatic rings. The smallest absolute Gasteiger partial charge is 0.222 e. The van der Waals surface area contributed by atoms with E-state index in [1.807, 2.05) is 6.92 Å². The standard InChI is InChI=1S/C5H9Br2NO/c1-3(7)4(2-6)5(8)9/h3-4H,2H2,1H3,(H2,8,9). The van der Waals surface area contributed by atoms with Gasteiger partial charge in [0, 0.05) is 10.2 Å². The van der Waals surface area contributed by atoms with Crippen molar-refractivity contribution in [2.45, 2.75) is 11.8 Å². The number of hydrogen-bond acceptors (Lipinski definition) is 1. The summed E-state index contributed by atoms with van der Waals surface area (Å²) in [5.41, 5.74) is 5.05. The highest BCUT2D eigenvalue weighted by molar-refractivity contribution is 9.10. The number of alkyl halides is 2. The number of carbonyl (C=O) groups excluding carboxylic acids is 1. The number of hydrogen-bond donors (Lipinski definition) is 1. The molecule has 9 heavy (non-hydrogen) atoms. The number of amides is 1. The van der Waals surface area contributed by atoms with Gasteiger partial charge in [0.25, 0.3) is 0 Å². The molecule has 0 saturated heterocycles. The third-order valence-corrected chi connectivity index (χ3v) is 2.42. The van der Waals surface area contributed by atoms with E-state index in [9.17, 15) is 4.79 Å². The molecule has 0 saturated carbocycles. The molecule has 0 aromatic carbocycles. The van der Waals surface area contributed by atoms with Crippen LogP contribution in [0.1, 0.15) is 6.92 Å². The molecule has 0 radical (unpaired) electrons. The molecule has 1 amide bonds. The van der Waals surface area contributed by atoms with Gasteiger partial charge in [0.05, 0.1) is 5.92 Å². The minimum Gasteiger partial charge on any atom is -0.369 e. The zero-order valence-corrected chi connectivity index (χ0v) is 8.28. The van der Waals surface area contributed by atoms with E-state index in [2.05, 4.69) is 31.9 Å². The van der Waals surface area contributed by atoms with Crippen molar-refractivity contribution in [2.24, 2.45) is 11.7 Å². The van der Waals surface area contributed by atoms with E-state index < -0.39 is 0 Å². The monoisotopic (exact) mass is 257 g/mol. The van der Waals surface area contributed by atoms with E-state index in [1.165, 1.54) is 0 Å². The molecule has 0 heterocycles. The van der Waals surface area contributed by atoms with Crippen LogP contribution in [0.5, 0.6) is 0 Å². The molecular formula is C5H9Br2NO. The van der Waals surface area contributed by atoms with Crippen LogP contribution in [0.15, 0.2) is 0 Å². The van der Waals surface area contributed by atoms with Gasteiger partial charge in [-0.05, 0) is 0 Å². The Kier molecular flexibility index (Phi) is 4.48. The Morgan fingerprint density at radius 3 is 2.22 bits per heavy atom. The van der Waals surface area contributed by atoms with Crippen molar-refractivity contribution in [3.05, 3.63) is 0 Å². The van der Waals surface area contributed by atoms with Crippen molar-refractivity contribution in [1.82, 2.24) is 0 Å². The highest BCUT2D eigenvalue weighted by atomic mass is 79.9. The lowest BCUT2D eigenvalue weighted by atomic mass is 10.1. The van der Waals surface area contributed by atoms with Crippen LogP contribution < -0.4 is 5.73 Å². The van der Waals surface area contributed by atoms with Crippen LogP contribution in [0.25, 0.3) is 0 Å². The summed E-state index contributed by atoms with van der Waals surface area (Å²) < 4.78 is 0. The van der Waals surface area contributed by atoms with Crippen molar-refractivity contribution in [3.63, 3.8) is 0 Å². The van der Waals surface area contributed by atoms with Gasteiger partial charge in [-0.15, -0.1) is 0 Å². The molecule has 0 spiro atoms. The maximum atomic E-state index is 10.5. The summed E-state index contributed by atoms with van der Waals surface area (Å²) in [5, 5.41) is 0.620. The summed E-state index contributed by atoms with van der Waals surface area (Å²) in [6.45, 7) is 1.90. The fourth-order valence-electron chi connectivity index (χ4n) is 0.425. The first kappa shape index (κ1) is 9.43. The van der Waals surface area contributed by atoms with Crippen LogP contribution in [-0.2, 0) is 4.79 Å². The lowest BCUT2D eigenvalue weighted by Crippen LogP contribution is -2.29. The Morgan fingerprint density at radius 1 is 1.78 bits per heavy atom. The molecule has 0 aliphatic carbocycles. The van der Waals surface area contributed by atoms with Crippen LogP contribution in [0.3, 0.4) is 0 Å². The van der Waals surface area contributed by atoms with E-state index in [-0.39, 0.29) is 16.7 Å². The number of rotatable bonds is 3. The molecule has 0 rings (SSSR count). The van der Waals surface area contributed by atoms with Gasteiger partial charge in [-0.2, -0.15) is 0 Å². The van der Waals surface area contributed by atoms with E-state index in [4.69, 9.17) is 5.73 Å². The number of primary amides is 1. The molecule has 54 valence electrons. The first-order valence-electron chi connectivity index (χ1n) is 2.59. The predicted molar refractivity (Wildman–Crippen MR) is 44.9 cm³/mol. The van der Waals surface area contributed by atoms with Gasteiger partial charge >= 0.3 is 0 Å². The van der Waals surface area contributed by atoms with Crippen molar-refractivity contribution in [2.75, 3.05) is 5.33 Å². The summed E-state index contributed by atoms with van der Waals surface area (Å²) in [7, 11) is 0. The lowest BCUT2D eigenvalue weighted by molar-refractivity contribution is -0.120. The number of carbonyl (C=O) groups is 1. The van der Waals surface area contributed by atoms with E-state index >= 15 is 0 Å². The third kappa shape index (κ3) is 3.20. The van der Waals surface area contributed by atoms with Crippen molar-refractivity contribution >= 4 is 37.8 Å². The number of halogens is 2. The average molecular weight is 259 g/mol. The molecule has 2 N–H and O–H groups in total. The molecule has 0 aliphatic heterocycles. The van der Waals surface area contributed by atoms with Crippen molar-refractivity contribution in [3.8, 4) is 0 Å². The molecule has 2 unspecified atom stereocenters. The van der Waals surface area contributed by atoms with E-state index in [0.29, 0.717) is 5.33 Å². The van der Waals surface area contributed by atoms with Crippen LogP contribution in [0, 0.1) is 5.92 Å². The van der Waals surface area contributed by atoms with Crippen LogP contribution in [0.4, 0.5) is 0 Å². The SMILES string of the molecule is CC(Br)C(CBr)C(N)=O. The molecular weight excluding hydrogens is 250 g/mol. The second kappa shape index (κ2) is 4.28. The van der Waals surface area contributed by atoms with Crippen molar-refractivity contribution < 1.29 is 4.79 Å². The van der Waals surface area contributed by atoms with Crippen LogP contribution in [-0.4, -0.2) is 16.1 Å². The Morgan fingerprint density at radius 2 is 2.22 bits per heavy atom. The third-order valence-electron chi connectivity index (χ3n) is 1.09. The highest BCUT2D eigenvalue weighted by Gasteiger charge is 2.18. The fourth-order valence-corrected chi connectivity index (χ4v) is 2.25. The minimum atomic E-state index is -0.267. The topological polar surface area (TPSA) is 43.1 Å². The van der Waals surface area contributed by atoms with Gasteiger partial charge < -0.3 is 5.73 Å². The Labute approximate surface area is 71.4 Å². The molecule has 2 atom stereocenters. The minimum absolute atomic E-state index is 0.106. The normalized spacial score (nSPS) is 16.8. The summed E-state index contributed by atoms with van der Waals surface area (Å²) in [4.78, 5) is 10.7. The summed E-state index contributed by atoms with van der Waals surface area (Å²) >= 11 is 6.46. The Bertz CT molecular complexity index is 105. The molecule has 0 aromatic heterocycles. The number of nitrogens with two attached hydrogens (primary N) is 1. The van der Waals surface area contributed by atoms with Gasteiger partial charge in [0.1, 0.15) is 0 Å². The second-order valence-electron chi connectivity index (χ2n) is 1.84. The first-order valence-corrected chi connectivity index (χ1v) is 4.62. The summed E-state index contributed by atoms with van der Waals surface area (Å²) in [5.74, 6) is -0.374. The average Bonchev–Trinajstić information content (AvgIpc) is 1.64. The molecule has 0 fully saturated rings. The highest BCUT2D eigenvalue weighted by Crippen LogP contribution is 2.13. The van der Waals surface area contributed by atoms with E-state index in [1.54, 1.807) is 0 Å². The molecule has 4 heteroatoms. The Balaban J connectivity index is 3.83. The largest absolute Gasteiger partial charge is 0.369 e. The molecule has 0 aliphatic rings. The van der Waals surface area contributed by atoms with Crippen molar-refractivity contribution in [1.29, 1.82) is 0 Å². The van der Waals surface area contributed by atoms with Gasteiger partial charge in [-0.1, -0.05) is 38.8 Å². The second-order valence-corrected chi connectivity index (χ2v) is 3.93. The van der Waals surface area contributed by atoms with Gasteiger partial charge in [-0.25, -0.2) is 0 Å². The molecule has 2 nitrogen and oxygen atoms in total. The maximum absolute atomic E-state index is 10.5. The predicted octanol–water partition coefficient (Wildman–Crippen LogP) is 1.27.